The molecule has 0 radical (unpaired) electrons. The van der Waals surface area contributed by atoms with E-state index >= 15 is 0 Å². The van der Waals surface area contributed by atoms with E-state index in [0.29, 0.717) is 34.3 Å². The maximum atomic E-state index is 13.0. The molecule has 9 nitrogen and oxygen atoms in total. The largest absolute Gasteiger partial charge is 0.493 e. The normalized spacial score (nSPS) is 17.6. The Morgan fingerprint density at radius 2 is 1.81 bits per heavy atom. The zero-order valence-corrected chi connectivity index (χ0v) is 17.7. The second kappa shape index (κ2) is 8.17. The van der Waals surface area contributed by atoms with Crippen LogP contribution in [0.5, 0.6) is 17.2 Å². The molecule has 0 fully saturated rings. The SMILES string of the molecule is CCOC(=O)[C@@H]1C(=O)Nc2nc3ccccc3n2[C@@H]1c1ccc(OC)c(OC)c1OC. The number of benzene rings is 2. The van der Waals surface area contributed by atoms with Crippen molar-refractivity contribution in [3.8, 4) is 17.2 Å². The maximum absolute atomic E-state index is 13.0. The number of carbonyl (C=O) groups is 2. The van der Waals surface area contributed by atoms with Gasteiger partial charge in [-0.25, -0.2) is 4.98 Å². The number of esters is 1. The number of imidazole rings is 1. The van der Waals surface area contributed by atoms with E-state index < -0.39 is 23.8 Å². The van der Waals surface area contributed by atoms with Crippen LogP contribution in [0.2, 0.25) is 0 Å². The highest BCUT2D eigenvalue weighted by molar-refractivity contribution is 6.07. The molecule has 0 unspecified atom stereocenters. The number of hydrogen-bond donors (Lipinski definition) is 1. The van der Waals surface area contributed by atoms with Crippen molar-refractivity contribution >= 4 is 28.9 Å². The van der Waals surface area contributed by atoms with Crippen molar-refractivity contribution in [3.05, 3.63) is 42.0 Å². The van der Waals surface area contributed by atoms with E-state index in [4.69, 9.17) is 18.9 Å². The van der Waals surface area contributed by atoms with Gasteiger partial charge in [-0.3, -0.25) is 14.9 Å². The Kier molecular flexibility index (Phi) is 5.41. The summed E-state index contributed by atoms with van der Waals surface area (Å²) < 4.78 is 23.7. The zero-order valence-electron chi connectivity index (χ0n) is 17.7. The third-order valence-corrected chi connectivity index (χ3v) is 5.30. The summed E-state index contributed by atoms with van der Waals surface area (Å²) in [6.45, 7) is 1.85. The summed E-state index contributed by atoms with van der Waals surface area (Å²) >= 11 is 0. The van der Waals surface area contributed by atoms with Crippen molar-refractivity contribution in [3.63, 3.8) is 0 Å². The van der Waals surface area contributed by atoms with Gasteiger partial charge in [-0.05, 0) is 31.2 Å². The lowest BCUT2D eigenvalue weighted by Crippen LogP contribution is -2.43. The second-order valence-corrected chi connectivity index (χ2v) is 6.88. The van der Waals surface area contributed by atoms with E-state index in [2.05, 4.69) is 10.3 Å². The number of nitrogens with zero attached hydrogens (tertiary/aromatic N) is 2. The van der Waals surface area contributed by atoms with Crippen molar-refractivity contribution in [1.29, 1.82) is 0 Å². The van der Waals surface area contributed by atoms with Crippen molar-refractivity contribution in [2.24, 2.45) is 5.92 Å². The Bertz CT molecular complexity index is 1160. The first kappa shape index (κ1) is 20.5. The van der Waals surface area contributed by atoms with Crippen LogP contribution in [0.4, 0.5) is 5.95 Å². The molecule has 31 heavy (non-hydrogen) atoms. The van der Waals surface area contributed by atoms with Crippen LogP contribution in [0.3, 0.4) is 0 Å². The number of nitrogens with one attached hydrogen (secondary N) is 1. The van der Waals surface area contributed by atoms with Crippen LogP contribution in [-0.2, 0) is 14.3 Å². The van der Waals surface area contributed by atoms with Crippen LogP contribution in [0.1, 0.15) is 18.5 Å². The molecule has 1 N–H and O–H groups in total. The number of hydrogen-bond acceptors (Lipinski definition) is 7. The molecular weight excluding hydrogens is 402 g/mol. The molecule has 9 heteroatoms. The predicted molar refractivity (Wildman–Crippen MR) is 113 cm³/mol. The molecule has 1 aliphatic heterocycles. The van der Waals surface area contributed by atoms with E-state index in [9.17, 15) is 9.59 Å². The molecule has 0 saturated carbocycles. The first-order valence-corrected chi connectivity index (χ1v) is 9.79. The van der Waals surface area contributed by atoms with E-state index in [1.165, 1.54) is 21.3 Å². The Morgan fingerprint density at radius 1 is 1.06 bits per heavy atom. The fourth-order valence-electron chi connectivity index (χ4n) is 4.04. The average Bonchev–Trinajstić information content (AvgIpc) is 3.14. The Hall–Kier alpha value is -3.75. The number of amides is 1. The number of methoxy groups -OCH3 is 3. The number of anilines is 1. The van der Waals surface area contributed by atoms with Gasteiger partial charge in [0.25, 0.3) is 0 Å². The lowest BCUT2D eigenvalue weighted by molar-refractivity contribution is -0.152. The number of fused-ring (bicyclic) bond motifs is 3. The summed E-state index contributed by atoms with van der Waals surface area (Å²) in [6, 6.07) is 10.2. The first-order chi connectivity index (χ1) is 15.0. The summed E-state index contributed by atoms with van der Waals surface area (Å²) in [7, 11) is 4.52. The van der Waals surface area contributed by atoms with Gasteiger partial charge >= 0.3 is 5.97 Å². The summed E-state index contributed by atoms with van der Waals surface area (Å²) in [4.78, 5) is 30.5. The van der Waals surface area contributed by atoms with Crippen molar-refractivity contribution in [2.45, 2.75) is 13.0 Å². The van der Waals surface area contributed by atoms with E-state index in [-0.39, 0.29) is 6.61 Å². The molecule has 0 saturated heterocycles. The lowest BCUT2D eigenvalue weighted by Gasteiger charge is -2.33. The monoisotopic (exact) mass is 425 g/mol. The van der Waals surface area contributed by atoms with Crippen LogP contribution in [0.25, 0.3) is 11.0 Å². The summed E-state index contributed by atoms with van der Waals surface area (Å²) in [6.07, 6.45) is 0. The van der Waals surface area contributed by atoms with Gasteiger partial charge in [0.05, 0.1) is 45.0 Å². The number of para-hydroxylation sites is 2. The molecular formula is C22H23N3O6. The topological polar surface area (TPSA) is 101 Å². The molecule has 2 heterocycles. The molecule has 0 bridgehead atoms. The Morgan fingerprint density at radius 3 is 2.48 bits per heavy atom. The minimum Gasteiger partial charge on any atom is -0.493 e. The quantitative estimate of drug-likeness (QED) is 0.479. The minimum atomic E-state index is -1.16. The standard InChI is InChI=1S/C22H23N3O6/c1-5-31-21(27)16-17(12-10-11-15(28-2)19(30-4)18(12)29-3)25-14-9-7-6-8-13(14)23-22(25)24-20(16)26/h6-11,16-17H,5H2,1-4H3,(H,23,24,26)/t16-,17+/m0/s1. The molecule has 0 aliphatic carbocycles. The van der Waals surface area contributed by atoms with Gasteiger partial charge in [-0.15, -0.1) is 0 Å². The Labute approximate surface area is 178 Å². The van der Waals surface area contributed by atoms with Gasteiger partial charge in [0.1, 0.15) is 0 Å². The lowest BCUT2D eigenvalue weighted by atomic mass is 9.89. The molecule has 1 amide bonds. The molecule has 1 aliphatic rings. The molecule has 1 aromatic heterocycles. The fraction of sp³-hybridized carbons (Fsp3) is 0.318. The number of rotatable bonds is 6. The number of carbonyl (C=O) groups excluding carboxylic acids is 2. The molecule has 2 aromatic carbocycles. The summed E-state index contributed by atoms with van der Waals surface area (Å²) in [5, 5.41) is 2.74. The van der Waals surface area contributed by atoms with Crippen molar-refractivity contribution in [2.75, 3.05) is 33.3 Å². The van der Waals surface area contributed by atoms with Gasteiger partial charge in [0.2, 0.25) is 17.6 Å². The van der Waals surface area contributed by atoms with E-state index in [1.54, 1.807) is 19.1 Å². The van der Waals surface area contributed by atoms with Crippen molar-refractivity contribution < 1.29 is 28.5 Å². The van der Waals surface area contributed by atoms with Crippen molar-refractivity contribution in [1.82, 2.24) is 9.55 Å². The van der Waals surface area contributed by atoms with Gasteiger partial charge in [-0.2, -0.15) is 0 Å². The molecule has 0 spiro atoms. The third-order valence-electron chi connectivity index (χ3n) is 5.30. The third kappa shape index (κ3) is 3.22. The highest BCUT2D eigenvalue weighted by Crippen LogP contribution is 2.47. The minimum absolute atomic E-state index is 0.149. The van der Waals surface area contributed by atoms with Crippen LogP contribution in [-0.4, -0.2) is 49.4 Å². The molecule has 3 aromatic rings. The number of ether oxygens (including phenoxy) is 4. The first-order valence-electron chi connectivity index (χ1n) is 9.79. The van der Waals surface area contributed by atoms with Crippen LogP contribution >= 0.6 is 0 Å². The molecule has 4 rings (SSSR count). The van der Waals surface area contributed by atoms with Crippen LogP contribution < -0.4 is 19.5 Å². The highest BCUT2D eigenvalue weighted by atomic mass is 16.5. The van der Waals surface area contributed by atoms with Gasteiger partial charge in [0.15, 0.2) is 17.4 Å². The molecule has 2 atom stereocenters. The van der Waals surface area contributed by atoms with Crippen LogP contribution in [0.15, 0.2) is 36.4 Å². The predicted octanol–water partition coefficient (Wildman–Crippen LogP) is 2.78. The number of aromatic nitrogens is 2. The summed E-state index contributed by atoms with van der Waals surface area (Å²) in [5.41, 5.74) is 2.01. The second-order valence-electron chi connectivity index (χ2n) is 6.88. The van der Waals surface area contributed by atoms with Gasteiger partial charge < -0.3 is 23.5 Å². The smallest absolute Gasteiger partial charge is 0.321 e. The maximum Gasteiger partial charge on any atom is 0.321 e. The zero-order chi connectivity index (χ0) is 22.1. The highest BCUT2D eigenvalue weighted by Gasteiger charge is 2.45. The fourth-order valence-corrected chi connectivity index (χ4v) is 4.04. The van der Waals surface area contributed by atoms with Crippen LogP contribution in [0, 0.1) is 5.92 Å². The summed E-state index contributed by atoms with van der Waals surface area (Å²) in [5.74, 6) is -0.757. The Balaban J connectivity index is 2.03. The average molecular weight is 425 g/mol. The van der Waals surface area contributed by atoms with E-state index in [1.807, 2.05) is 28.8 Å². The molecule has 162 valence electrons. The van der Waals surface area contributed by atoms with Gasteiger partial charge in [-0.1, -0.05) is 12.1 Å². The van der Waals surface area contributed by atoms with E-state index in [0.717, 1.165) is 5.52 Å². The van der Waals surface area contributed by atoms with Gasteiger partial charge in [0, 0.05) is 5.56 Å².